The van der Waals surface area contributed by atoms with Crippen LogP contribution in [0.1, 0.15) is 26.2 Å². The molecule has 0 radical (unpaired) electrons. The number of nitrogens with zero attached hydrogens (tertiary/aromatic N) is 1. The first-order valence-corrected chi connectivity index (χ1v) is 6.30. The Kier molecular flexibility index (Phi) is 3.10. The van der Waals surface area contributed by atoms with Crippen molar-refractivity contribution in [1.82, 2.24) is 4.90 Å². The third-order valence-electron chi connectivity index (χ3n) is 3.80. The monoisotopic (exact) mass is 215 g/mol. The molecule has 1 saturated heterocycles. The topological polar surface area (TPSA) is 23.5 Å². The highest BCUT2D eigenvalue weighted by Crippen LogP contribution is 2.47. The number of thiol groups is 1. The van der Waals surface area contributed by atoms with Crippen LogP contribution in [0.2, 0.25) is 0 Å². The highest BCUT2D eigenvalue weighted by atomic mass is 32.1. The van der Waals surface area contributed by atoms with Gasteiger partial charge in [0, 0.05) is 19.6 Å². The van der Waals surface area contributed by atoms with Crippen molar-refractivity contribution in [3.05, 3.63) is 0 Å². The maximum absolute atomic E-state index is 9.62. The molecule has 1 aliphatic heterocycles. The van der Waals surface area contributed by atoms with Crippen LogP contribution in [0.25, 0.3) is 0 Å². The number of rotatable bonds is 3. The lowest BCUT2D eigenvalue weighted by Crippen LogP contribution is -2.44. The van der Waals surface area contributed by atoms with Crippen LogP contribution < -0.4 is 0 Å². The Morgan fingerprint density at radius 1 is 1.50 bits per heavy atom. The molecule has 2 fully saturated rings. The molecule has 1 N–H and O–H groups in total. The van der Waals surface area contributed by atoms with Crippen LogP contribution in [0.5, 0.6) is 0 Å². The second-order valence-electron chi connectivity index (χ2n) is 5.23. The summed E-state index contributed by atoms with van der Waals surface area (Å²) in [5.41, 5.74) is 0.533. The second kappa shape index (κ2) is 4.03. The van der Waals surface area contributed by atoms with Gasteiger partial charge in [-0.3, -0.25) is 0 Å². The summed E-state index contributed by atoms with van der Waals surface area (Å²) < 4.78 is 0. The van der Waals surface area contributed by atoms with Crippen molar-refractivity contribution in [1.29, 1.82) is 0 Å². The number of hydrogen-bond donors (Lipinski definition) is 2. The fraction of sp³-hybridized carbons (Fsp3) is 1.00. The number of aliphatic hydroxyl groups is 1. The van der Waals surface area contributed by atoms with Crippen molar-refractivity contribution >= 4 is 12.6 Å². The Labute approximate surface area is 92.1 Å². The summed E-state index contributed by atoms with van der Waals surface area (Å²) in [4.78, 5) is 2.51. The van der Waals surface area contributed by atoms with Crippen LogP contribution in [0, 0.1) is 11.3 Å². The van der Waals surface area contributed by atoms with Gasteiger partial charge in [-0.2, -0.15) is 12.6 Å². The zero-order valence-electron chi connectivity index (χ0n) is 8.95. The molecule has 2 atom stereocenters. The van der Waals surface area contributed by atoms with E-state index in [1.54, 1.807) is 0 Å². The van der Waals surface area contributed by atoms with Crippen molar-refractivity contribution in [2.45, 2.75) is 32.3 Å². The molecule has 0 amide bonds. The van der Waals surface area contributed by atoms with Crippen LogP contribution in [0.3, 0.4) is 0 Å². The first-order valence-electron chi connectivity index (χ1n) is 5.66. The van der Waals surface area contributed by atoms with E-state index in [1.165, 1.54) is 19.4 Å². The predicted octanol–water partition coefficient (Wildman–Crippen LogP) is 1.40. The SMILES string of the molecule is CC1CN(CC2(CS)CC2)CCC1O. The predicted molar refractivity (Wildman–Crippen MR) is 61.7 cm³/mol. The van der Waals surface area contributed by atoms with Gasteiger partial charge in [0.25, 0.3) is 0 Å². The molecule has 2 rings (SSSR count). The molecule has 0 aromatic rings. The molecule has 82 valence electrons. The molecule has 2 aliphatic rings. The highest BCUT2D eigenvalue weighted by Gasteiger charge is 2.43. The van der Waals surface area contributed by atoms with Crippen molar-refractivity contribution in [2.24, 2.45) is 11.3 Å². The number of hydrogen-bond acceptors (Lipinski definition) is 3. The minimum absolute atomic E-state index is 0.0718. The van der Waals surface area contributed by atoms with Crippen LogP contribution in [-0.4, -0.2) is 41.5 Å². The molecule has 0 bridgehead atoms. The summed E-state index contributed by atoms with van der Waals surface area (Å²) in [7, 11) is 0. The molecule has 14 heavy (non-hydrogen) atoms. The molecule has 1 aliphatic carbocycles. The number of piperidine rings is 1. The lowest BCUT2D eigenvalue weighted by atomic mass is 9.95. The summed E-state index contributed by atoms with van der Waals surface area (Å²) >= 11 is 4.43. The van der Waals surface area contributed by atoms with Crippen LogP contribution in [0.4, 0.5) is 0 Å². The Hall–Kier alpha value is 0.270. The Bertz CT molecular complexity index is 205. The van der Waals surface area contributed by atoms with Crippen molar-refractivity contribution in [2.75, 3.05) is 25.4 Å². The van der Waals surface area contributed by atoms with E-state index in [0.29, 0.717) is 11.3 Å². The Balaban J connectivity index is 1.82. The van der Waals surface area contributed by atoms with E-state index < -0.39 is 0 Å². The first-order chi connectivity index (χ1) is 6.65. The summed E-state index contributed by atoms with van der Waals surface area (Å²) in [5, 5.41) is 9.62. The lowest BCUT2D eigenvalue weighted by Gasteiger charge is -2.36. The van der Waals surface area contributed by atoms with E-state index in [2.05, 4.69) is 24.5 Å². The van der Waals surface area contributed by atoms with E-state index in [9.17, 15) is 5.11 Å². The average molecular weight is 215 g/mol. The van der Waals surface area contributed by atoms with Gasteiger partial charge < -0.3 is 10.0 Å². The average Bonchev–Trinajstić information content (AvgIpc) is 2.93. The zero-order chi connectivity index (χ0) is 10.2. The zero-order valence-corrected chi connectivity index (χ0v) is 9.84. The van der Waals surface area contributed by atoms with Gasteiger partial charge >= 0.3 is 0 Å². The van der Waals surface area contributed by atoms with Gasteiger partial charge in [-0.05, 0) is 36.3 Å². The molecule has 1 heterocycles. The van der Waals surface area contributed by atoms with Gasteiger partial charge in [-0.1, -0.05) is 6.92 Å². The molecule has 0 aromatic heterocycles. The minimum Gasteiger partial charge on any atom is -0.393 e. The maximum atomic E-state index is 9.62. The van der Waals surface area contributed by atoms with E-state index >= 15 is 0 Å². The van der Waals surface area contributed by atoms with Crippen molar-refractivity contribution in [3.63, 3.8) is 0 Å². The van der Waals surface area contributed by atoms with Crippen molar-refractivity contribution < 1.29 is 5.11 Å². The fourth-order valence-electron chi connectivity index (χ4n) is 2.38. The smallest absolute Gasteiger partial charge is 0.0590 e. The van der Waals surface area contributed by atoms with E-state index in [1.807, 2.05) is 0 Å². The second-order valence-corrected chi connectivity index (χ2v) is 5.54. The largest absolute Gasteiger partial charge is 0.393 e. The molecular formula is C11H21NOS. The first kappa shape index (κ1) is 10.8. The van der Waals surface area contributed by atoms with Crippen LogP contribution in [0.15, 0.2) is 0 Å². The van der Waals surface area contributed by atoms with Gasteiger partial charge in [0.05, 0.1) is 6.10 Å². The number of likely N-dealkylation sites (tertiary alicyclic amines) is 1. The minimum atomic E-state index is -0.0718. The summed E-state index contributed by atoms with van der Waals surface area (Å²) in [6, 6.07) is 0. The molecule has 2 unspecified atom stereocenters. The van der Waals surface area contributed by atoms with E-state index in [4.69, 9.17) is 0 Å². The summed E-state index contributed by atoms with van der Waals surface area (Å²) in [6.45, 7) is 5.49. The molecule has 3 heteroatoms. The van der Waals surface area contributed by atoms with Gasteiger partial charge in [0.15, 0.2) is 0 Å². The molecule has 0 spiro atoms. The Morgan fingerprint density at radius 3 is 2.71 bits per heavy atom. The van der Waals surface area contributed by atoms with Gasteiger partial charge in [-0.15, -0.1) is 0 Å². The standard InChI is InChI=1S/C11H21NOS/c1-9-6-12(5-2-10(9)13)7-11(8-14)3-4-11/h9-10,13-14H,2-8H2,1H3. The van der Waals surface area contributed by atoms with Gasteiger partial charge in [-0.25, -0.2) is 0 Å². The highest BCUT2D eigenvalue weighted by molar-refractivity contribution is 7.80. The normalized spacial score (nSPS) is 37.1. The van der Waals surface area contributed by atoms with Crippen molar-refractivity contribution in [3.8, 4) is 0 Å². The van der Waals surface area contributed by atoms with E-state index in [-0.39, 0.29) is 6.10 Å². The maximum Gasteiger partial charge on any atom is 0.0590 e. The van der Waals surface area contributed by atoms with Crippen LogP contribution in [-0.2, 0) is 0 Å². The third kappa shape index (κ3) is 2.26. The summed E-state index contributed by atoms with van der Waals surface area (Å²) in [6.07, 6.45) is 3.58. The molecule has 1 saturated carbocycles. The molecular weight excluding hydrogens is 194 g/mol. The van der Waals surface area contributed by atoms with Gasteiger partial charge in [0.1, 0.15) is 0 Å². The molecule has 0 aromatic carbocycles. The number of aliphatic hydroxyl groups excluding tert-OH is 1. The quantitative estimate of drug-likeness (QED) is 0.695. The van der Waals surface area contributed by atoms with E-state index in [0.717, 1.165) is 25.3 Å². The fourth-order valence-corrected chi connectivity index (χ4v) is 2.80. The Morgan fingerprint density at radius 2 is 2.21 bits per heavy atom. The van der Waals surface area contributed by atoms with Gasteiger partial charge in [0.2, 0.25) is 0 Å². The summed E-state index contributed by atoms with van der Waals surface area (Å²) in [5.74, 6) is 1.47. The van der Waals surface area contributed by atoms with Crippen LogP contribution >= 0.6 is 12.6 Å². The third-order valence-corrected chi connectivity index (χ3v) is 4.47. The molecule has 2 nitrogen and oxygen atoms in total. The lowest BCUT2D eigenvalue weighted by molar-refractivity contribution is 0.0287.